The Morgan fingerprint density at radius 3 is 2.36 bits per heavy atom. The van der Waals surface area contributed by atoms with Crippen LogP contribution < -0.4 is 15.0 Å². The van der Waals surface area contributed by atoms with Crippen LogP contribution in [-0.4, -0.2) is 37.5 Å². The Morgan fingerprint density at radius 2 is 1.75 bits per heavy atom. The van der Waals surface area contributed by atoms with E-state index in [0.717, 1.165) is 29.1 Å². The molecular formula is C22H23N3O3. The topological polar surface area (TPSA) is 61.9 Å². The minimum atomic E-state index is -0.475. The summed E-state index contributed by atoms with van der Waals surface area (Å²) in [5.74, 6) is 0.652. The predicted octanol–water partition coefficient (Wildman–Crippen LogP) is 3.25. The molecule has 2 aromatic rings. The molecule has 2 aromatic carbocycles. The lowest BCUT2D eigenvalue weighted by atomic mass is 9.95. The number of urea groups is 1. The molecule has 2 aliphatic rings. The fraction of sp³-hybridized carbons (Fsp3) is 0.273. The van der Waals surface area contributed by atoms with E-state index in [9.17, 15) is 9.59 Å². The maximum Gasteiger partial charge on any atom is 0.322 e. The molecule has 0 aromatic heterocycles. The Bertz CT molecular complexity index is 948. The normalized spacial score (nSPS) is 19.0. The average molecular weight is 377 g/mol. The SMILES string of the molecule is CCc1ccc(N2CC3=C(C2=O)[C@H](c2ccc(OC)cc2)NC(=O)N3C)cc1. The van der Waals surface area contributed by atoms with Crippen LogP contribution in [0.2, 0.25) is 0 Å². The van der Waals surface area contributed by atoms with Gasteiger partial charge in [0.2, 0.25) is 0 Å². The van der Waals surface area contributed by atoms with Gasteiger partial charge in [0.25, 0.3) is 5.91 Å². The molecule has 2 aliphatic heterocycles. The van der Waals surface area contributed by atoms with E-state index in [-0.39, 0.29) is 11.9 Å². The average Bonchev–Trinajstić information content (AvgIpc) is 3.08. The molecule has 1 atom stereocenters. The fourth-order valence-electron chi connectivity index (χ4n) is 3.73. The first kappa shape index (κ1) is 18.1. The van der Waals surface area contributed by atoms with E-state index in [1.165, 1.54) is 10.5 Å². The number of rotatable bonds is 4. The Morgan fingerprint density at radius 1 is 1.07 bits per heavy atom. The van der Waals surface area contributed by atoms with Crippen molar-refractivity contribution in [2.75, 3.05) is 25.6 Å². The monoisotopic (exact) mass is 377 g/mol. The molecule has 3 amide bonds. The number of carbonyl (C=O) groups excluding carboxylic acids is 2. The summed E-state index contributed by atoms with van der Waals surface area (Å²) in [6.07, 6.45) is 0.948. The molecule has 0 radical (unpaired) electrons. The number of hydrogen-bond acceptors (Lipinski definition) is 3. The van der Waals surface area contributed by atoms with E-state index in [1.54, 1.807) is 19.1 Å². The highest BCUT2D eigenvalue weighted by atomic mass is 16.5. The van der Waals surface area contributed by atoms with Gasteiger partial charge >= 0.3 is 6.03 Å². The number of anilines is 1. The van der Waals surface area contributed by atoms with E-state index in [2.05, 4.69) is 12.2 Å². The molecule has 0 bridgehead atoms. The number of carbonyl (C=O) groups is 2. The number of likely N-dealkylation sites (N-methyl/N-ethyl adjacent to an activating group) is 1. The maximum absolute atomic E-state index is 13.3. The van der Waals surface area contributed by atoms with Crippen molar-refractivity contribution >= 4 is 17.6 Å². The number of nitrogens with one attached hydrogen (secondary N) is 1. The minimum absolute atomic E-state index is 0.0769. The highest BCUT2D eigenvalue weighted by Gasteiger charge is 2.43. The number of ether oxygens (including phenoxy) is 1. The number of hydrogen-bond donors (Lipinski definition) is 1. The van der Waals surface area contributed by atoms with Crippen LogP contribution in [0.5, 0.6) is 5.75 Å². The molecule has 28 heavy (non-hydrogen) atoms. The molecule has 144 valence electrons. The van der Waals surface area contributed by atoms with Crippen LogP contribution >= 0.6 is 0 Å². The smallest absolute Gasteiger partial charge is 0.322 e. The van der Waals surface area contributed by atoms with E-state index < -0.39 is 6.04 Å². The zero-order valence-electron chi connectivity index (χ0n) is 16.2. The first-order valence-electron chi connectivity index (χ1n) is 9.35. The third-order valence-electron chi connectivity index (χ3n) is 5.47. The van der Waals surface area contributed by atoms with Gasteiger partial charge in [-0.05, 0) is 41.8 Å². The standard InChI is InChI=1S/C22H23N3O3/c1-4-14-5-9-16(10-6-14)25-13-18-19(21(25)26)20(23-22(27)24(18)2)15-7-11-17(28-3)12-8-15/h5-12,20H,4,13H2,1-3H3,(H,23,27)/t20-/m0/s1. The van der Waals surface area contributed by atoms with Crippen LogP contribution in [-0.2, 0) is 11.2 Å². The van der Waals surface area contributed by atoms with Crippen molar-refractivity contribution in [3.63, 3.8) is 0 Å². The predicted molar refractivity (Wildman–Crippen MR) is 107 cm³/mol. The third-order valence-corrected chi connectivity index (χ3v) is 5.47. The molecule has 0 unspecified atom stereocenters. The molecule has 0 saturated heterocycles. The summed E-state index contributed by atoms with van der Waals surface area (Å²) in [6.45, 7) is 2.48. The Labute approximate surface area is 164 Å². The van der Waals surface area contributed by atoms with Gasteiger partial charge in [-0.3, -0.25) is 9.69 Å². The van der Waals surface area contributed by atoms with E-state index in [0.29, 0.717) is 12.1 Å². The van der Waals surface area contributed by atoms with Crippen LogP contribution in [0, 0.1) is 0 Å². The van der Waals surface area contributed by atoms with Crippen LogP contribution in [0.4, 0.5) is 10.5 Å². The molecule has 0 spiro atoms. The molecule has 6 heteroatoms. The molecule has 0 aliphatic carbocycles. The van der Waals surface area contributed by atoms with Gasteiger partial charge in [-0.1, -0.05) is 31.2 Å². The first-order valence-corrected chi connectivity index (χ1v) is 9.35. The summed E-state index contributed by atoms with van der Waals surface area (Å²) in [5, 5.41) is 2.95. The van der Waals surface area contributed by atoms with Crippen molar-refractivity contribution in [2.24, 2.45) is 0 Å². The van der Waals surface area contributed by atoms with E-state index >= 15 is 0 Å². The molecule has 4 rings (SSSR count). The van der Waals surface area contributed by atoms with E-state index in [1.807, 2.05) is 48.5 Å². The second-order valence-electron chi connectivity index (χ2n) is 6.99. The van der Waals surface area contributed by atoms with Gasteiger partial charge in [-0.2, -0.15) is 0 Å². The summed E-state index contributed by atoms with van der Waals surface area (Å²) in [6, 6.07) is 14.7. The van der Waals surface area contributed by atoms with Crippen molar-refractivity contribution in [1.29, 1.82) is 0 Å². The van der Waals surface area contributed by atoms with E-state index in [4.69, 9.17) is 4.74 Å². The summed E-state index contributed by atoms with van der Waals surface area (Å²) in [7, 11) is 3.31. The Hall–Kier alpha value is -3.28. The van der Waals surface area contributed by atoms with Crippen molar-refractivity contribution in [1.82, 2.24) is 10.2 Å². The summed E-state index contributed by atoms with van der Waals surface area (Å²) in [5.41, 5.74) is 4.27. The zero-order valence-corrected chi connectivity index (χ0v) is 16.2. The molecular weight excluding hydrogens is 354 g/mol. The lowest BCUT2D eigenvalue weighted by Crippen LogP contribution is -2.45. The number of nitrogens with zero attached hydrogens (tertiary/aromatic N) is 2. The number of amides is 3. The van der Waals surface area contributed by atoms with Gasteiger partial charge in [0.1, 0.15) is 5.75 Å². The Kier molecular flexibility index (Phi) is 4.55. The largest absolute Gasteiger partial charge is 0.497 e. The van der Waals surface area contributed by atoms with Crippen molar-refractivity contribution in [3.8, 4) is 5.75 Å². The summed E-state index contributed by atoms with van der Waals surface area (Å²) >= 11 is 0. The first-order chi connectivity index (χ1) is 13.5. The van der Waals surface area contributed by atoms with Crippen molar-refractivity contribution in [3.05, 3.63) is 70.9 Å². The molecule has 1 N–H and O–H groups in total. The lowest BCUT2D eigenvalue weighted by Gasteiger charge is -2.31. The number of methoxy groups -OCH3 is 1. The molecule has 2 heterocycles. The van der Waals surface area contributed by atoms with Gasteiger partial charge in [0.05, 0.1) is 31.0 Å². The van der Waals surface area contributed by atoms with Gasteiger partial charge in [-0.15, -0.1) is 0 Å². The van der Waals surface area contributed by atoms with Crippen LogP contribution in [0.25, 0.3) is 0 Å². The maximum atomic E-state index is 13.3. The third kappa shape index (κ3) is 2.91. The summed E-state index contributed by atoms with van der Waals surface area (Å²) in [4.78, 5) is 29.1. The zero-order chi connectivity index (χ0) is 19.8. The van der Waals surface area contributed by atoms with Crippen molar-refractivity contribution < 1.29 is 14.3 Å². The van der Waals surface area contributed by atoms with Gasteiger partial charge < -0.3 is 15.0 Å². The lowest BCUT2D eigenvalue weighted by molar-refractivity contribution is -0.114. The van der Waals surface area contributed by atoms with Crippen LogP contribution in [0.15, 0.2) is 59.8 Å². The molecule has 0 fully saturated rings. The van der Waals surface area contributed by atoms with Gasteiger partial charge in [0.15, 0.2) is 0 Å². The minimum Gasteiger partial charge on any atom is -0.497 e. The fourth-order valence-corrected chi connectivity index (χ4v) is 3.73. The molecule has 0 saturated carbocycles. The van der Waals surface area contributed by atoms with Gasteiger partial charge in [0, 0.05) is 12.7 Å². The van der Waals surface area contributed by atoms with Crippen LogP contribution in [0.1, 0.15) is 24.1 Å². The van der Waals surface area contributed by atoms with Crippen LogP contribution in [0.3, 0.4) is 0 Å². The number of benzene rings is 2. The highest BCUT2D eigenvalue weighted by molar-refractivity contribution is 6.11. The second-order valence-corrected chi connectivity index (χ2v) is 6.99. The van der Waals surface area contributed by atoms with Crippen molar-refractivity contribution in [2.45, 2.75) is 19.4 Å². The Balaban J connectivity index is 1.70. The summed E-state index contributed by atoms with van der Waals surface area (Å²) < 4.78 is 5.21. The van der Waals surface area contributed by atoms with Gasteiger partial charge in [-0.25, -0.2) is 4.79 Å². The quantitative estimate of drug-likeness (QED) is 0.890. The molecule has 6 nitrogen and oxygen atoms in total. The highest BCUT2D eigenvalue weighted by Crippen LogP contribution is 2.37. The number of aryl methyl sites for hydroxylation is 1. The second kappa shape index (κ2) is 7.03.